The molecule has 0 aliphatic rings. The lowest BCUT2D eigenvalue weighted by Crippen LogP contribution is -2.09. The zero-order chi connectivity index (χ0) is 11.7. The van der Waals surface area contributed by atoms with Gasteiger partial charge in [-0.3, -0.25) is 0 Å². The highest BCUT2D eigenvalue weighted by Gasteiger charge is 2.11. The summed E-state index contributed by atoms with van der Waals surface area (Å²) in [6.45, 7) is 0. The summed E-state index contributed by atoms with van der Waals surface area (Å²) < 4.78 is 5.22. The highest BCUT2D eigenvalue weighted by atomic mass is 79.9. The number of hydrogen-bond acceptors (Lipinski definition) is 4. The van der Waals surface area contributed by atoms with Gasteiger partial charge in [0.1, 0.15) is 0 Å². The molecule has 1 aromatic heterocycles. The van der Waals surface area contributed by atoms with Crippen LogP contribution in [0.15, 0.2) is 27.6 Å². The van der Waals surface area contributed by atoms with E-state index in [9.17, 15) is 9.59 Å². The molecule has 0 spiro atoms. The van der Waals surface area contributed by atoms with Gasteiger partial charge in [0, 0.05) is 16.1 Å². The quantitative estimate of drug-likeness (QED) is 0.804. The number of fused-ring (bicyclic) bond motifs is 1. The number of nitrogens with one attached hydrogen (secondary N) is 1. The molecule has 0 amide bonds. The lowest BCUT2D eigenvalue weighted by atomic mass is 10.1. The molecular formula is C10H7BrN2O3. The molecule has 0 atom stereocenters. The van der Waals surface area contributed by atoms with E-state index in [0.29, 0.717) is 15.6 Å². The third-order valence-corrected chi connectivity index (χ3v) is 2.76. The molecule has 0 radical (unpaired) electrons. The van der Waals surface area contributed by atoms with Crippen LogP contribution in [0.3, 0.4) is 0 Å². The van der Waals surface area contributed by atoms with Crippen molar-refractivity contribution in [1.29, 1.82) is 0 Å². The predicted octanol–water partition coefficient (Wildman–Crippen LogP) is 1.47. The van der Waals surface area contributed by atoms with Gasteiger partial charge in [-0.05, 0) is 28.1 Å². The van der Waals surface area contributed by atoms with Gasteiger partial charge < -0.3 is 9.72 Å². The molecule has 1 N–H and O–H groups in total. The fourth-order valence-electron chi connectivity index (χ4n) is 1.35. The Bertz CT molecular complexity index is 621. The van der Waals surface area contributed by atoms with Gasteiger partial charge in [-0.1, -0.05) is 0 Å². The first-order valence-electron chi connectivity index (χ1n) is 4.38. The number of carbonyl (C=O) groups excluding carboxylic acids is 1. The summed E-state index contributed by atoms with van der Waals surface area (Å²) in [4.78, 5) is 28.6. The Hall–Kier alpha value is -1.69. The molecule has 0 bridgehead atoms. The standard InChI is InChI=1S/C10H7BrN2O3/c1-16-9(14)6-3-8-5(2-7(6)11)4-12-10(15)13-8/h2-4H,1H3,(H,12,13,15). The molecule has 16 heavy (non-hydrogen) atoms. The fourth-order valence-corrected chi connectivity index (χ4v) is 1.87. The summed E-state index contributed by atoms with van der Waals surface area (Å²) in [6.07, 6.45) is 1.44. The molecule has 0 saturated heterocycles. The van der Waals surface area contributed by atoms with Gasteiger partial charge in [-0.2, -0.15) is 0 Å². The minimum atomic E-state index is -0.466. The summed E-state index contributed by atoms with van der Waals surface area (Å²) in [6, 6.07) is 3.25. The van der Waals surface area contributed by atoms with Crippen molar-refractivity contribution in [3.8, 4) is 0 Å². The smallest absolute Gasteiger partial charge is 0.345 e. The van der Waals surface area contributed by atoms with Gasteiger partial charge in [0.25, 0.3) is 0 Å². The topological polar surface area (TPSA) is 72.1 Å². The van der Waals surface area contributed by atoms with Gasteiger partial charge in [0.2, 0.25) is 0 Å². The van der Waals surface area contributed by atoms with Crippen LogP contribution in [0, 0.1) is 0 Å². The third-order valence-electron chi connectivity index (χ3n) is 2.11. The molecular weight excluding hydrogens is 276 g/mol. The number of halogens is 1. The van der Waals surface area contributed by atoms with Crippen molar-refractivity contribution in [2.75, 3.05) is 7.11 Å². The number of carbonyl (C=O) groups is 1. The van der Waals surface area contributed by atoms with E-state index in [1.807, 2.05) is 0 Å². The molecule has 6 heteroatoms. The van der Waals surface area contributed by atoms with Crippen LogP contribution in [-0.2, 0) is 4.74 Å². The van der Waals surface area contributed by atoms with Crippen molar-refractivity contribution in [3.05, 3.63) is 38.9 Å². The van der Waals surface area contributed by atoms with Crippen LogP contribution in [0.4, 0.5) is 0 Å². The van der Waals surface area contributed by atoms with Crippen molar-refractivity contribution < 1.29 is 9.53 Å². The molecule has 82 valence electrons. The van der Waals surface area contributed by atoms with E-state index in [2.05, 4.69) is 30.6 Å². The number of ether oxygens (including phenoxy) is 1. The van der Waals surface area contributed by atoms with Gasteiger partial charge in [0.05, 0.1) is 18.2 Å². The van der Waals surface area contributed by atoms with Gasteiger partial charge >= 0.3 is 11.7 Å². The molecule has 0 aliphatic carbocycles. The summed E-state index contributed by atoms with van der Waals surface area (Å²) in [7, 11) is 1.30. The number of benzene rings is 1. The summed E-state index contributed by atoms with van der Waals surface area (Å²) >= 11 is 3.26. The molecule has 1 aromatic carbocycles. The number of esters is 1. The van der Waals surface area contributed by atoms with E-state index >= 15 is 0 Å². The summed E-state index contributed by atoms with van der Waals surface area (Å²) in [5.41, 5.74) is 0.450. The maximum atomic E-state index is 11.4. The number of H-pyrrole nitrogens is 1. The number of aromatic amines is 1. The predicted molar refractivity (Wildman–Crippen MR) is 61.4 cm³/mol. The summed E-state index contributed by atoms with van der Waals surface area (Å²) in [5.74, 6) is -0.466. The Morgan fingerprint density at radius 2 is 2.25 bits per heavy atom. The average Bonchev–Trinajstić information content (AvgIpc) is 2.28. The highest BCUT2D eigenvalue weighted by molar-refractivity contribution is 9.10. The molecule has 2 aromatic rings. The number of methoxy groups -OCH3 is 1. The first kappa shape index (κ1) is 10.8. The Morgan fingerprint density at radius 1 is 1.50 bits per heavy atom. The van der Waals surface area contributed by atoms with E-state index in [1.54, 1.807) is 12.1 Å². The first-order valence-corrected chi connectivity index (χ1v) is 5.18. The second-order valence-corrected chi connectivity index (χ2v) is 3.95. The minimum Gasteiger partial charge on any atom is -0.465 e. The average molecular weight is 283 g/mol. The van der Waals surface area contributed by atoms with Crippen molar-refractivity contribution in [2.24, 2.45) is 0 Å². The molecule has 5 nitrogen and oxygen atoms in total. The van der Waals surface area contributed by atoms with Crippen LogP contribution in [0.2, 0.25) is 0 Å². The van der Waals surface area contributed by atoms with E-state index in [4.69, 9.17) is 0 Å². The molecule has 1 heterocycles. The lowest BCUT2D eigenvalue weighted by molar-refractivity contribution is 0.0600. The minimum absolute atomic E-state index is 0.358. The van der Waals surface area contributed by atoms with Gasteiger partial charge in [-0.15, -0.1) is 0 Å². The van der Waals surface area contributed by atoms with E-state index < -0.39 is 11.7 Å². The zero-order valence-corrected chi connectivity index (χ0v) is 9.87. The van der Waals surface area contributed by atoms with Gasteiger partial charge in [-0.25, -0.2) is 14.6 Å². The fraction of sp³-hybridized carbons (Fsp3) is 0.100. The van der Waals surface area contributed by atoms with Crippen LogP contribution in [0.1, 0.15) is 10.4 Å². The largest absolute Gasteiger partial charge is 0.465 e. The molecule has 2 rings (SSSR count). The Labute approximate surface area is 98.6 Å². The van der Waals surface area contributed by atoms with Crippen LogP contribution in [-0.4, -0.2) is 23.0 Å². The third kappa shape index (κ3) is 1.83. The van der Waals surface area contributed by atoms with Crippen LogP contribution >= 0.6 is 15.9 Å². The van der Waals surface area contributed by atoms with Crippen molar-refractivity contribution >= 4 is 32.8 Å². The highest BCUT2D eigenvalue weighted by Crippen LogP contribution is 2.22. The van der Waals surface area contributed by atoms with Crippen molar-refractivity contribution in [3.63, 3.8) is 0 Å². The maximum Gasteiger partial charge on any atom is 0.345 e. The second-order valence-electron chi connectivity index (χ2n) is 3.10. The van der Waals surface area contributed by atoms with Crippen LogP contribution < -0.4 is 5.69 Å². The van der Waals surface area contributed by atoms with E-state index in [0.717, 1.165) is 5.39 Å². The number of aromatic nitrogens is 2. The Balaban J connectivity index is 2.73. The van der Waals surface area contributed by atoms with Gasteiger partial charge in [0.15, 0.2) is 0 Å². The van der Waals surface area contributed by atoms with E-state index in [1.165, 1.54) is 13.3 Å². The first-order chi connectivity index (χ1) is 7.61. The number of hydrogen-bond donors (Lipinski definition) is 1. The van der Waals surface area contributed by atoms with Crippen LogP contribution in [0.25, 0.3) is 10.9 Å². The lowest BCUT2D eigenvalue weighted by Gasteiger charge is -2.04. The number of rotatable bonds is 1. The van der Waals surface area contributed by atoms with Crippen molar-refractivity contribution in [1.82, 2.24) is 9.97 Å². The molecule has 0 fully saturated rings. The van der Waals surface area contributed by atoms with Crippen molar-refractivity contribution in [2.45, 2.75) is 0 Å². The normalized spacial score (nSPS) is 10.4. The maximum absolute atomic E-state index is 11.4. The summed E-state index contributed by atoms with van der Waals surface area (Å²) in [5, 5.41) is 0.735. The zero-order valence-electron chi connectivity index (χ0n) is 8.28. The van der Waals surface area contributed by atoms with Crippen LogP contribution in [0.5, 0.6) is 0 Å². The van der Waals surface area contributed by atoms with E-state index in [-0.39, 0.29) is 0 Å². The monoisotopic (exact) mass is 282 g/mol. The molecule has 0 unspecified atom stereocenters. The Morgan fingerprint density at radius 3 is 2.94 bits per heavy atom. The Kier molecular flexibility index (Phi) is 2.74. The molecule has 0 saturated carbocycles. The number of nitrogens with zero attached hydrogens (tertiary/aromatic N) is 1. The SMILES string of the molecule is COC(=O)c1cc2[nH]c(=O)ncc2cc1Br. The molecule has 0 aliphatic heterocycles. The second kappa shape index (κ2) is 4.05.